The van der Waals surface area contributed by atoms with Gasteiger partial charge in [0.25, 0.3) is 5.91 Å². The van der Waals surface area contributed by atoms with Gasteiger partial charge in [0.1, 0.15) is 0 Å². The van der Waals surface area contributed by atoms with Gasteiger partial charge in [-0.1, -0.05) is 6.07 Å². The van der Waals surface area contributed by atoms with E-state index in [1.807, 2.05) is 5.32 Å². The minimum absolute atomic E-state index is 0.0551. The van der Waals surface area contributed by atoms with Gasteiger partial charge in [0.15, 0.2) is 23.1 Å². The number of carbonyl (C=O) groups excluding carboxylic acids is 2. The molecule has 1 saturated carbocycles. The quantitative estimate of drug-likeness (QED) is 0.363. The second-order valence-corrected chi connectivity index (χ2v) is 9.97. The van der Waals surface area contributed by atoms with Crippen LogP contribution < -0.4 is 20.7 Å². The first-order valence-corrected chi connectivity index (χ1v) is 12.3. The van der Waals surface area contributed by atoms with Gasteiger partial charge in [-0.15, -0.1) is 10.2 Å². The summed E-state index contributed by atoms with van der Waals surface area (Å²) in [6.45, 7) is -2.77. The second kappa shape index (κ2) is 9.62. The summed E-state index contributed by atoms with van der Waals surface area (Å²) < 4.78 is 47.3. The van der Waals surface area contributed by atoms with E-state index in [0.717, 1.165) is 12.8 Å². The molecular formula is C22H24N8O4S. The molecule has 12 nitrogen and oxygen atoms in total. The van der Waals surface area contributed by atoms with E-state index in [0.29, 0.717) is 11.3 Å². The van der Waals surface area contributed by atoms with Crippen LogP contribution in [0.15, 0.2) is 41.6 Å². The molecule has 35 heavy (non-hydrogen) atoms. The lowest BCUT2D eigenvalue weighted by molar-refractivity contribution is -0.117. The fraction of sp³-hybridized carbons (Fsp3) is 0.273. The second-order valence-electron chi connectivity index (χ2n) is 7.81. The number of benzene rings is 1. The number of aromatic nitrogens is 4. The summed E-state index contributed by atoms with van der Waals surface area (Å²) in [5, 5.41) is 15.2. The van der Waals surface area contributed by atoms with Crippen molar-refractivity contribution in [2.75, 3.05) is 31.0 Å². The smallest absolute Gasteiger partial charge is 0.273 e. The van der Waals surface area contributed by atoms with E-state index < -0.39 is 22.6 Å². The molecule has 1 aliphatic rings. The van der Waals surface area contributed by atoms with Crippen molar-refractivity contribution in [1.29, 1.82) is 4.78 Å². The van der Waals surface area contributed by atoms with Crippen molar-refractivity contribution in [1.82, 2.24) is 25.5 Å². The molecule has 0 bridgehead atoms. The number of para-hydroxylation sites is 1. The lowest BCUT2D eigenvalue weighted by Gasteiger charge is -2.16. The van der Waals surface area contributed by atoms with Crippen molar-refractivity contribution < 1.29 is 22.6 Å². The fourth-order valence-electron chi connectivity index (χ4n) is 3.18. The molecule has 3 aromatic rings. The van der Waals surface area contributed by atoms with Gasteiger partial charge in [-0.3, -0.25) is 9.59 Å². The van der Waals surface area contributed by atoms with Crippen molar-refractivity contribution in [2.24, 2.45) is 5.92 Å². The topological polar surface area (TPSA) is 172 Å². The highest BCUT2D eigenvalue weighted by Gasteiger charge is 2.30. The minimum atomic E-state index is -3.00. The van der Waals surface area contributed by atoms with Crippen molar-refractivity contribution in [3.63, 3.8) is 0 Å². The summed E-state index contributed by atoms with van der Waals surface area (Å²) in [4.78, 5) is 33.5. The highest BCUT2D eigenvalue weighted by molar-refractivity contribution is 7.91. The molecule has 0 aliphatic heterocycles. The zero-order valence-corrected chi connectivity index (χ0v) is 19.6. The predicted molar refractivity (Wildman–Crippen MR) is 129 cm³/mol. The van der Waals surface area contributed by atoms with Crippen LogP contribution in [-0.2, 0) is 14.5 Å². The van der Waals surface area contributed by atoms with Gasteiger partial charge in [-0.2, -0.15) is 0 Å². The van der Waals surface area contributed by atoms with Gasteiger partial charge in [-0.05, 0) is 25.0 Å². The molecule has 0 spiro atoms. The van der Waals surface area contributed by atoms with Gasteiger partial charge in [0.2, 0.25) is 5.91 Å². The molecule has 1 aromatic carbocycles. The van der Waals surface area contributed by atoms with E-state index in [2.05, 4.69) is 30.8 Å². The summed E-state index contributed by atoms with van der Waals surface area (Å²) >= 11 is 0. The highest BCUT2D eigenvalue weighted by Crippen LogP contribution is 2.37. The monoisotopic (exact) mass is 499 g/mol. The molecule has 2 heterocycles. The zero-order valence-electron chi connectivity index (χ0n) is 21.8. The van der Waals surface area contributed by atoms with Crippen LogP contribution in [-0.4, -0.2) is 56.5 Å². The number of hydrogen-bond acceptors (Lipinski definition) is 10. The molecule has 0 radical (unpaired) electrons. The maximum Gasteiger partial charge on any atom is 0.273 e. The van der Waals surface area contributed by atoms with Crippen molar-refractivity contribution in [3.8, 4) is 17.1 Å². The Labute approximate surface area is 206 Å². The van der Waals surface area contributed by atoms with Crippen LogP contribution in [0.3, 0.4) is 0 Å². The maximum atomic E-state index is 12.7. The maximum absolute atomic E-state index is 12.7. The number of rotatable bonds is 8. The molecule has 4 N–H and O–H groups in total. The summed E-state index contributed by atoms with van der Waals surface area (Å²) in [5.74, 6) is -0.774. The van der Waals surface area contributed by atoms with E-state index >= 15 is 0 Å². The first-order valence-electron chi connectivity index (χ1n) is 11.9. The van der Waals surface area contributed by atoms with E-state index in [1.54, 1.807) is 18.2 Å². The van der Waals surface area contributed by atoms with Crippen LogP contribution in [0.1, 0.15) is 27.4 Å². The van der Waals surface area contributed by atoms with Gasteiger partial charge >= 0.3 is 0 Å². The number of carbonyl (C=O) groups is 2. The largest absolute Gasteiger partial charge is 0.494 e. The van der Waals surface area contributed by atoms with Crippen LogP contribution in [0.25, 0.3) is 11.4 Å². The number of amides is 2. The van der Waals surface area contributed by atoms with Gasteiger partial charge in [0, 0.05) is 41.7 Å². The van der Waals surface area contributed by atoms with Gasteiger partial charge < -0.3 is 20.7 Å². The van der Waals surface area contributed by atoms with Crippen LogP contribution in [0.5, 0.6) is 5.75 Å². The first kappa shape index (κ1) is 20.3. The van der Waals surface area contributed by atoms with Crippen molar-refractivity contribution in [3.05, 3.63) is 42.4 Å². The number of methoxy groups -OCH3 is 1. The highest BCUT2D eigenvalue weighted by atomic mass is 32.2. The Morgan fingerprint density at radius 3 is 2.57 bits per heavy atom. The summed E-state index contributed by atoms with van der Waals surface area (Å²) in [6.07, 6.45) is 5.41. The molecule has 182 valence electrons. The third kappa shape index (κ3) is 5.35. The molecule has 2 aromatic heterocycles. The number of nitrogens with zero attached hydrogens (tertiary/aromatic N) is 4. The molecule has 4 rings (SSSR count). The Bertz CT molecular complexity index is 1490. The van der Waals surface area contributed by atoms with Crippen molar-refractivity contribution >= 4 is 38.7 Å². The van der Waals surface area contributed by atoms with Gasteiger partial charge in [-0.25, -0.2) is 19.0 Å². The zero-order chi connectivity index (χ0) is 27.7. The lowest BCUT2D eigenvalue weighted by Crippen LogP contribution is -2.22. The SMILES string of the molecule is [2H]C([2H])([2H])NC(=O)c1nnc(NC(=O)C2CC2)cc1Nc1cccc(-c2ncc(S(C)(=N)=O)cn2)c1OC. The minimum Gasteiger partial charge on any atom is -0.494 e. The normalized spacial score (nSPS) is 16.1. The molecule has 0 saturated heterocycles. The van der Waals surface area contributed by atoms with Crippen molar-refractivity contribution in [2.45, 2.75) is 17.7 Å². The summed E-state index contributed by atoms with van der Waals surface area (Å²) in [7, 11) is -1.58. The van der Waals surface area contributed by atoms with E-state index in [1.165, 1.54) is 31.8 Å². The average molecular weight is 500 g/mol. The Hall–Kier alpha value is -4.13. The Kier molecular flexibility index (Phi) is 5.57. The van der Waals surface area contributed by atoms with Crippen LogP contribution in [0.2, 0.25) is 0 Å². The van der Waals surface area contributed by atoms with E-state index in [-0.39, 0.29) is 45.5 Å². The summed E-state index contributed by atoms with van der Waals surface area (Å²) in [6, 6.07) is 6.34. The Morgan fingerprint density at radius 2 is 1.94 bits per heavy atom. The molecule has 1 unspecified atom stereocenters. The Morgan fingerprint density at radius 1 is 1.20 bits per heavy atom. The molecule has 1 aliphatic carbocycles. The predicted octanol–water partition coefficient (Wildman–Crippen LogP) is 2.43. The average Bonchev–Trinajstić information content (AvgIpc) is 3.68. The number of anilines is 3. The third-order valence-corrected chi connectivity index (χ3v) is 6.24. The number of hydrogen-bond donors (Lipinski definition) is 4. The molecule has 1 atom stereocenters. The van der Waals surface area contributed by atoms with Crippen LogP contribution >= 0.6 is 0 Å². The Balaban J connectivity index is 1.73. The third-order valence-electron chi connectivity index (χ3n) is 5.13. The fourth-order valence-corrected chi connectivity index (χ4v) is 3.69. The molecule has 1 fully saturated rings. The standard InChI is InChI=1S/C22H24N8O4S/c1-24-22(32)18-16(9-17(29-30-18)28-21(31)12-7-8-12)27-15-6-4-5-14(19(15)34-2)20-25-10-13(11-26-20)35(3,23)33/h4-6,9-12,23H,7-8H2,1-3H3,(H,24,32)(H2,27,28,29,31)/i1D3. The lowest BCUT2D eigenvalue weighted by atomic mass is 10.1. The molecular weight excluding hydrogens is 472 g/mol. The van der Waals surface area contributed by atoms with E-state index in [4.69, 9.17) is 13.6 Å². The molecule has 13 heteroatoms. The number of ether oxygens (including phenoxy) is 1. The summed E-state index contributed by atoms with van der Waals surface area (Å²) in [5.41, 5.74) is 0.508. The molecule has 2 amide bonds. The van der Waals surface area contributed by atoms with E-state index in [9.17, 15) is 13.8 Å². The van der Waals surface area contributed by atoms with Crippen LogP contribution in [0, 0.1) is 10.7 Å². The van der Waals surface area contributed by atoms with Gasteiger partial charge in [0.05, 0.1) is 38.7 Å². The number of nitrogens with one attached hydrogen (secondary N) is 4. The first-order chi connectivity index (χ1) is 17.9. The van der Waals surface area contributed by atoms with Crippen LogP contribution in [0.4, 0.5) is 17.2 Å².